The normalized spacial score (nSPS) is 14.0. The molecule has 4 heteroatoms. The van der Waals surface area contributed by atoms with Crippen LogP contribution < -0.4 is 0 Å². The van der Waals surface area contributed by atoms with Crippen LogP contribution in [0, 0.1) is 6.92 Å². The number of thiophene rings is 1. The van der Waals surface area contributed by atoms with Gasteiger partial charge in [0.25, 0.3) is 0 Å². The van der Waals surface area contributed by atoms with Gasteiger partial charge in [-0.05, 0) is 51.6 Å². The van der Waals surface area contributed by atoms with Gasteiger partial charge in [0.15, 0.2) is 0 Å². The average Bonchev–Trinajstić information content (AvgIpc) is 2.58. The number of carboxylic acid groups (broad SMARTS) is 1. The summed E-state index contributed by atoms with van der Waals surface area (Å²) in [4.78, 5) is 14.3. The fraction of sp³-hybridized carbons (Fsp3) is 0.615. The summed E-state index contributed by atoms with van der Waals surface area (Å²) in [6.45, 7) is 10.4. The fourth-order valence-electron chi connectivity index (χ4n) is 2.05. The van der Waals surface area contributed by atoms with Crippen LogP contribution in [0.15, 0.2) is 11.4 Å². The number of hydrogen-bond donors (Lipinski definition) is 1. The van der Waals surface area contributed by atoms with Gasteiger partial charge >= 0.3 is 5.97 Å². The highest BCUT2D eigenvalue weighted by Gasteiger charge is 2.30. The highest BCUT2D eigenvalue weighted by atomic mass is 32.1. The number of carboxylic acids is 1. The summed E-state index contributed by atoms with van der Waals surface area (Å²) >= 11 is 1.69. The Hall–Kier alpha value is -0.870. The molecule has 1 rings (SSSR count). The second-order valence-electron chi connectivity index (χ2n) is 5.34. The lowest BCUT2D eigenvalue weighted by atomic mass is 10.0. The average molecular weight is 255 g/mol. The Morgan fingerprint density at radius 1 is 1.53 bits per heavy atom. The van der Waals surface area contributed by atoms with Crippen LogP contribution in [0.4, 0.5) is 0 Å². The minimum absolute atomic E-state index is 0.0714. The van der Waals surface area contributed by atoms with Crippen LogP contribution in [0.3, 0.4) is 0 Å². The molecule has 0 fully saturated rings. The molecule has 3 nitrogen and oxygen atoms in total. The molecular weight excluding hydrogens is 234 g/mol. The van der Waals surface area contributed by atoms with E-state index in [0.717, 1.165) is 0 Å². The monoisotopic (exact) mass is 255 g/mol. The lowest BCUT2D eigenvalue weighted by Crippen LogP contribution is -2.45. The molecule has 0 amide bonds. The Balaban J connectivity index is 2.99. The first kappa shape index (κ1) is 14.2. The summed E-state index contributed by atoms with van der Waals surface area (Å²) in [5.74, 6) is -0.777. The summed E-state index contributed by atoms with van der Waals surface area (Å²) in [7, 11) is 0. The second-order valence-corrected chi connectivity index (χ2v) is 6.28. The third-order valence-corrected chi connectivity index (χ3v) is 4.11. The summed E-state index contributed by atoms with van der Waals surface area (Å²) in [5.41, 5.74) is 1.08. The minimum Gasteiger partial charge on any atom is -0.480 e. The molecular formula is C13H21NO2S. The van der Waals surface area contributed by atoms with Crippen LogP contribution in [0.2, 0.25) is 0 Å². The summed E-state index contributed by atoms with van der Waals surface area (Å²) < 4.78 is 0. The topological polar surface area (TPSA) is 40.5 Å². The molecule has 0 saturated heterocycles. The zero-order valence-electron chi connectivity index (χ0n) is 11.2. The number of aryl methyl sites for hydroxylation is 1. The Morgan fingerprint density at radius 2 is 2.12 bits per heavy atom. The first-order valence-electron chi connectivity index (χ1n) is 5.76. The minimum atomic E-state index is -0.777. The van der Waals surface area contributed by atoms with Crippen LogP contribution in [-0.2, 0) is 4.79 Å². The summed E-state index contributed by atoms with van der Waals surface area (Å²) in [5, 5.41) is 11.1. The van der Waals surface area contributed by atoms with Gasteiger partial charge in [-0.1, -0.05) is 0 Å². The van der Waals surface area contributed by atoms with E-state index in [1.165, 1.54) is 10.4 Å². The molecule has 1 unspecified atom stereocenters. The SMILES string of the molecule is Cc1ccsc1C(C)N(CC(=O)O)C(C)(C)C. The highest BCUT2D eigenvalue weighted by Crippen LogP contribution is 2.32. The summed E-state index contributed by atoms with van der Waals surface area (Å²) in [6.07, 6.45) is 0. The maximum absolute atomic E-state index is 11.0. The van der Waals surface area contributed by atoms with Crippen molar-refractivity contribution >= 4 is 17.3 Å². The van der Waals surface area contributed by atoms with E-state index in [2.05, 4.69) is 46.1 Å². The van der Waals surface area contributed by atoms with Gasteiger partial charge in [0.1, 0.15) is 0 Å². The number of hydrogen-bond acceptors (Lipinski definition) is 3. The van der Waals surface area contributed by atoms with Crippen molar-refractivity contribution in [3.63, 3.8) is 0 Å². The van der Waals surface area contributed by atoms with Gasteiger partial charge in [0.05, 0.1) is 6.54 Å². The maximum atomic E-state index is 11.0. The molecule has 0 aromatic carbocycles. The zero-order valence-corrected chi connectivity index (χ0v) is 12.0. The van der Waals surface area contributed by atoms with Gasteiger partial charge in [0, 0.05) is 16.5 Å². The van der Waals surface area contributed by atoms with E-state index in [9.17, 15) is 4.79 Å². The number of rotatable bonds is 4. The number of nitrogens with zero attached hydrogens (tertiary/aromatic N) is 1. The van der Waals surface area contributed by atoms with Crippen LogP contribution in [0.25, 0.3) is 0 Å². The predicted molar refractivity (Wildman–Crippen MR) is 71.6 cm³/mol. The molecule has 1 aromatic rings. The summed E-state index contributed by atoms with van der Waals surface area (Å²) in [6, 6.07) is 2.21. The van der Waals surface area contributed by atoms with E-state index in [0.29, 0.717) is 0 Å². The Morgan fingerprint density at radius 3 is 2.47 bits per heavy atom. The van der Waals surface area contributed by atoms with Crippen molar-refractivity contribution < 1.29 is 9.90 Å². The van der Waals surface area contributed by atoms with Crippen LogP contribution in [0.5, 0.6) is 0 Å². The van der Waals surface area contributed by atoms with Crippen molar-refractivity contribution in [2.75, 3.05) is 6.54 Å². The second kappa shape index (κ2) is 5.19. The van der Waals surface area contributed by atoms with E-state index in [1.54, 1.807) is 11.3 Å². The lowest BCUT2D eigenvalue weighted by molar-refractivity contribution is -0.140. The van der Waals surface area contributed by atoms with Crippen molar-refractivity contribution in [1.82, 2.24) is 4.90 Å². The van der Waals surface area contributed by atoms with Gasteiger partial charge in [-0.2, -0.15) is 0 Å². The van der Waals surface area contributed by atoms with Gasteiger partial charge < -0.3 is 5.11 Å². The molecule has 0 aliphatic rings. The zero-order chi connectivity index (χ0) is 13.2. The number of carbonyl (C=O) groups is 1. The molecule has 1 aromatic heterocycles. The molecule has 96 valence electrons. The Kier molecular flexibility index (Phi) is 4.33. The highest BCUT2D eigenvalue weighted by molar-refractivity contribution is 7.10. The van der Waals surface area contributed by atoms with Crippen LogP contribution in [-0.4, -0.2) is 28.1 Å². The largest absolute Gasteiger partial charge is 0.480 e. The molecule has 0 aliphatic carbocycles. The molecule has 1 N–H and O–H groups in total. The standard InChI is InChI=1S/C13H21NO2S/c1-9-6-7-17-12(9)10(2)14(8-11(15)16)13(3,4)5/h6-7,10H,8H2,1-5H3,(H,15,16). The smallest absolute Gasteiger partial charge is 0.317 e. The Labute approximate surface area is 107 Å². The first-order valence-corrected chi connectivity index (χ1v) is 6.64. The van der Waals surface area contributed by atoms with Crippen molar-refractivity contribution in [3.8, 4) is 0 Å². The van der Waals surface area contributed by atoms with Crippen LogP contribution >= 0.6 is 11.3 Å². The lowest BCUT2D eigenvalue weighted by Gasteiger charge is -2.39. The van der Waals surface area contributed by atoms with Gasteiger partial charge in [-0.3, -0.25) is 9.69 Å². The van der Waals surface area contributed by atoms with E-state index in [4.69, 9.17) is 5.11 Å². The van der Waals surface area contributed by atoms with Gasteiger partial charge in [-0.25, -0.2) is 0 Å². The van der Waals surface area contributed by atoms with E-state index >= 15 is 0 Å². The van der Waals surface area contributed by atoms with Crippen LogP contribution in [0.1, 0.15) is 44.2 Å². The van der Waals surface area contributed by atoms with Crippen molar-refractivity contribution in [2.24, 2.45) is 0 Å². The quantitative estimate of drug-likeness (QED) is 0.897. The van der Waals surface area contributed by atoms with E-state index in [-0.39, 0.29) is 18.1 Å². The maximum Gasteiger partial charge on any atom is 0.317 e. The molecule has 0 bridgehead atoms. The molecule has 0 aliphatic heterocycles. The third-order valence-electron chi connectivity index (χ3n) is 2.92. The molecule has 1 heterocycles. The fourth-order valence-corrected chi connectivity index (χ4v) is 3.05. The molecule has 0 radical (unpaired) electrons. The molecule has 17 heavy (non-hydrogen) atoms. The van der Waals surface area contributed by atoms with E-state index in [1.807, 2.05) is 4.90 Å². The third kappa shape index (κ3) is 3.54. The first-order chi connectivity index (χ1) is 7.73. The van der Waals surface area contributed by atoms with Crippen molar-refractivity contribution in [3.05, 3.63) is 21.9 Å². The van der Waals surface area contributed by atoms with E-state index < -0.39 is 5.97 Å². The van der Waals surface area contributed by atoms with Gasteiger partial charge in [-0.15, -0.1) is 11.3 Å². The Bertz CT molecular complexity index is 392. The van der Waals surface area contributed by atoms with Crippen molar-refractivity contribution in [1.29, 1.82) is 0 Å². The number of aliphatic carboxylic acids is 1. The molecule has 1 atom stereocenters. The predicted octanol–water partition coefficient (Wildman–Crippen LogP) is 3.30. The molecule has 0 saturated carbocycles. The van der Waals surface area contributed by atoms with Crippen molar-refractivity contribution in [2.45, 2.75) is 46.2 Å². The van der Waals surface area contributed by atoms with Gasteiger partial charge in [0.2, 0.25) is 0 Å². The molecule has 0 spiro atoms.